The summed E-state index contributed by atoms with van der Waals surface area (Å²) in [5.41, 5.74) is 0. The van der Waals surface area contributed by atoms with Crippen LogP contribution in [0.2, 0.25) is 0 Å². The van der Waals surface area contributed by atoms with Crippen LogP contribution in [0.15, 0.2) is 0 Å². The zero-order valence-electron chi connectivity index (χ0n) is 6.02. The van der Waals surface area contributed by atoms with Gasteiger partial charge < -0.3 is 4.90 Å². The standard InChI is InChI=1S/C6H14BN/c1-5-3-6(7)8(2)4-5/h5-6H,3-4,7H2,1-2H3. The lowest BCUT2D eigenvalue weighted by Gasteiger charge is -2.12. The Bertz CT molecular complexity index is 74.6. The van der Waals surface area contributed by atoms with E-state index in [1.54, 1.807) is 0 Å². The molecule has 1 rings (SSSR count). The first-order chi connectivity index (χ1) is 3.70. The molecule has 0 aromatic heterocycles. The fourth-order valence-corrected chi connectivity index (χ4v) is 1.51. The van der Waals surface area contributed by atoms with E-state index in [1.165, 1.54) is 13.0 Å². The quantitative estimate of drug-likeness (QED) is 0.395. The van der Waals surface area contributed by atoms with Crippen LogP contribution in [0.1, 0.15) is 13.3 Å². The lowest BCUT2D eigenvalue weighted by molar-refractivity contribution is 0.375. The predicted octanol–water partition coefficient (Wildman–Crippen LogP) is -0.0828. The van der Waals surface area contributed by atoms with Crippen molar-refractivity contribution < 1.29 is 0 Å². The molecule has 8 heavy (non-hydrogen) atoms. The third-order valence-electron chi connectivity index (χ3n) is 2.10. The van der Waals surface area contributed by atoms with Crippen LogP contribution < -0.4 is 0 Å². The Labute approximate surface area is 52.5 Å². The zero-order valence-corrected chi connectivity index (χ0v) is 6.02. The minimum Gasteiger partial charge on any atom is -0.311 e. The molecule has 1 aliphatic rings. The van der Waals surface area contributed by atoms with Crippen LogP contribution in [0.5, 0.6) is 0 Å². The molecule has 0 aromatic carbocycles. The third-order valence-corrected chi connectivity index (χ3v) is 2.10. The van der Waals surface area contributed by atoms with Gasteiger partial charge in [0.25, 0.3) is 0 Å². The predicted molar refractivity (Wildman–Crippen MR) is 38.7 cm³/mol. The maximum absolute atomic E-state index is 2.42. The molecule has 0 saturated carbocycles. The first-order valence-corrected chi connectivity index (χ1v) is 3.40. The van der Waals surface area contributed by atoms with Crippen LogP contribution in [0.25, 0.3) is 0 Å². The van der Waals surface area contributed by atoms with Crippen LogP contribution >= 0.6 is 0 Å². The van der Waals surface area contributed by atoms with E-state index in [0.29, 0.717) is 0 Å². The van der Waals surface area contributed by atoms with Crippen molar-refractivity contribution in [2.75, 3.05) is 13.6 Å². The van der Waals surface area contributed by atoms with E-state index in [0.717, 1.165) is 11.9 Å². The first-order valence-electron chi connectivity index (χ1n) is 3.40. The van der Waals surface area contributed by atoms with Crippen molar-refractivity contribution in [3.63, 3.8) is 0 Å². The van der Waals surface area contributed by atoms with Crippen molar-refractivity contribution in [2.45, 2.75) is 19.3 Å². The average Bonchev–Trinajstić information content (AvgIpc) is 1.85. The molecule has 0 amide bonds. The minimum atomic E-state index is 0.824. The summed E-state index contributed by atoms with van der Waals surface area (Å²) in [5, 5.41) is 0. The summed E-state index contributed by atoms with van der Waals surface area (Å²) in [6, 6.07) is 0. The van der Waals surface area contributed by atoms with Gasteiger partial charge in [0.1, 0.15) is 7.85 Å². The van der Waals surface area contributed by atoms with E-state index in [1.807, 2.05) is 0 Å². The molecule has 0 radical (unpaired) electrons. The molecular weight excluding hydrogens is 96.9 g/mol. The molecule has 0 bridgehead atoms. The number of rotatable bonds is 0. The van der Waals surface area contributed by atoms with Gasteiger partial charge in [-0.1, -0.05) is 6.92 Å². The van der Waals surface area contributed by atoms with Gasteiger partial charge in [-0.2, -0.15) is 0 Å². The number of hydrogen-bond donors (Lipinski definition) is 0. The van der Waals surface area contributed by atoms with Gasteiger partial charge in [0.2, 0.25) is 0 Å². The Balaban J connectivity index is 2.39. The fourth-order valence-electron chi connectivity index (χ4n) is 1.51. The SMILES string of the molecule is BC1CC(C)CN1C. The minimum absolute atomic E-state index is 0.824. The maximum Gasteiger partial charge on any atom is 0.123 e. The molecule has 0 aromatic rings. The Kier molecular flexibility index (Phi) is 1.61. The van der Waals surface area contributed by atoms with E-state index in [4.69, 9.17) is 0 Å². The summed E-state index contributed by atoms with van der Waals surface area (Å²) >= 11 is 0. The second-order valence-corrected chi connectivity index (χ2v) is 3.13. The molecule has 2 atom stereocenters. The van der Waals surface area contributed by atoms with E-state index in [9.17, 15) is 0 Å². The van der Waals surface area contributed by atoms with Gasteiger partial charge in [-0.3, -0.25) is 0 Å². The van der Waals surface area contributed by atoms with E-state index in [-0.39, 0.29) is 0 Å². The van der Waals surface area contributed by atoms with Crippen molar-refractivity contribution in [1.29, 1.82) is 0 Å². The highest BCUT2D eigenvalue weighted by molar-refractivity contribution is 6.11. The van der Waals surface area contributed by atoms with Crippen LogP contribution in [-0.2, 0) is 0 Å². The summed E-state index contributed by atoms with van der Waals surface area (Å²) in [5.74, 6) is 1.75. The van der Waals surface area contributed by atoms with Gasteiger partial charge in [-0.25, -0.2) is 0 Å². The molecule has 1 heterocycles. The average molecular weight is 111 g/mol. The van der Waals surface area contributed by atoms with Gasteiger partial charge in [-0.05, 0) is 31.9 Å². The van der Waals surface area contributed by atoms with Crippen LogP contribution in [0.3, 0.4) is 0 Å². The van der Waals surface area contributed by atoms with E-state index >= 15 is 0 Å². The lowest BCUT2D eigenvalue weighted by atomic mass is 9.92. The van der Waals surface area contributed by atoms with Gasteiger partial charge in [0, 0.05) is 0 Å². The third kappa shape index (κ3) is 1.05. The lowest BCUT2D eigenvalue weighted by Crippen LogP contribution is -2.24. The summed E-state index contributed by atoms with van der Waals surface area (Å²) in [4.78, 5) is 2.42. The van der Waals surface area contributed by atoms with E-state index in [2.05, 4.69) is 26.7 Å². The van der Waals surface area contributed by atoms with Crippen molar-refractivity contribution in [2.24, 2.45) is 5.92 Å². The summed E-state index contributed by atoms with van der Waals surface area (Å²) in [6.07, 6.45) is 1.39. The molecule has 0 N–H and O–H groups in total. The first kappa shape index (κ1) is 6.15. The van der Waals surface area contributed by atoms with Crippen molar-refractivity contribution in [3.05, 3.63) is 0 Å². The van der Waals surface area contributed by atoms with Crippen LogP contribution in [-0.4, -0.2) is 32.3 Å². The highest BCUT2D eigenvalue weighted by atomic mass is 15.1. The molecule has 1 aliphatic heterocycles. The Morgan fingerprint density at radius 3 is 2.38 bits per heavy atom. The number of likely N-dealkylation sites (tertiary alicyclic amines) is 1. The van der Waals surface area contributed by atoms with Crippen molar-refractivity contribution in [3.8, 4) is 0 Å². The molecule has 0 aliphatic carbocycles. The van der Waals surface area contributed by atoms with Crippen LogP contribution in [0, 0.1) is 5.92 Å². The fraction of sp³-hybridized carbons (Fsp3) is 1.00. The van der Waals surface area contributed by atoms with Crippen molar-refractivity contribution >= 4 is 7.85 Å². The molecule has 1 nitrogen and oxygen atoms in total. The largest absolute Gasteiger partial charge is 0.311 e. The maximum atomic E-state index is 2.42. The number of hydrogen-bond acceptors (Lipinski definition) is 1. The Morgan fingerprint density at radius 2 is 2.25 bits per heavy atom. The summed E-state index contributed by atoms with van der Waals surface area (Å²) in [6.45, 7) is 3.61. The number of nitrogens with zero attached hydrogens (tertiary/aromatic N) is 1. The topological polar surface area (TPSA) is 3.24 Å². The van der Waals surface area contributed by atoms with Gasteiger partial charge >= 0.3 is 0 Å². The zero-order chi connectivity index (χ0) is 6.15. The Hall–Kier alpha value is 0.0249. The second-order valence-electron chi connectivity index (χ2n) is 3.13. The van der Waals surface area contributed by atoms with Gasteiger partial charge in [0.15, 0.2) is 0 Å². The highest BCUT2D eigenvalue weighted by Crippen LogP contribution is 2.17. The molecule has 2 unspecified atom stereocenters. The van der Waals surface area contributed by atoms with Gasteiger partial charge in [0.05, 0.1) is 0 Å². The smallest absolute Gasteiger partial charge is 0.123 e. The highest BCUT2D eigenvalue weighted by Gasteiger charge is 2.21. The molecule has 46 valence electrons. The van der Waals surface area contributed by atoms with Crippen molar-refractivity contribution in [1.82, 2.24) is 4.90 Å². The second kappa shape index (κ2) is 2.10. The summed E-state index contributed by atoms with van der Waals surface area (Å²) < 4.78 is 0. The normalized spacial score (nSPS) is 40.8. The monoisotopic (exact) mass is 111 g/mol. The van der Waals surface area contributed by atoms with Gasteiger partial charge in [-0.15, -0.1) is 0 Å². The summed E-state index contributed by atoms with van der Waals surface area (Å²) in [7, 11) is 4.50. The molecule has 2 heteroatoms. The van der Waals surface area contributed by atoms with E-state index < -0.39 is 0 Å². The molecule has 1 saturated heterocycles. The molecule has 1 fully saturated rings. The molecular formula is C6H14BN. The Morgan fingerprint density at radius 1 is 1.62 bits per heavy atom. The molecule has 0 spiro atoms. The van der Waals surface area contributed by atoms with Crippen LogP contribution in [0.4, 0.5) is 0 Å².